The van der Waals surface area contributed by atoms with Crippen molar-refractivity contribution in [2.24, 2.45) is 0 Å². The largest absolute Gasteiger partial charge is 0.203 e. The third-order valence-electron chi connectivity index (χ3n) is 3.18. The fourth-order valence-electron chi connectivity index (χ4n) is 1.99. The van der Waals surface area contributed by atoms with Crippen LogP contribution in [0.2, 0.25) is 0 Å². The second kappa shape index (κ2) is 6.16. The Morgan fingerprint density at radius 1 is 1.00 bits per heavy atom. The van der Waals surface area contributed by atoms with Gasteiger partial charge in [0.25, 0.3) is 0 Å². The lowest BCUT2D eigenvalue weighted by Crippen LogP contribution is -1.99. The van der Waals surface area contributed by atoms with Crippen molar-refractivity contribution in [2.75, 3.05) is 0 Å². The van der Waals surface area contributed by atoms with E-state index in [0.717, 1.165) is 5.56 Å². The minimum Gasteiger partial charge on any atom is -0.203 e. The lowest BCUT2D eigenvalue weighted by atomic mass is 10.0. The second-order valence-electron chi connectivity index (χ2n) is 4.59. The fraction of sp³-hybridized carbons (Fsp3) is 0.250. The van der Waals surface area contributed by atoms with Crippen LogP contribution in [0.5, 0.6) is 0 Å². The third kappa shape index (κ3) is 3.32. The van der Waals surface area contributed by atoms with Gasteiger partial charge in [-0.15, -0.1) is 11.6 Å². The van der Waals surface area contributed by atoms with E-state index in [4.69, 9.17) is 11.6 Å². The third-order valence-corrected chi connectivity index (χ3v) is 3.65. The number of aryl methyl sites for hydroxylation is 2. The summed E-state index contributed by atoms with van der Waals surface area (Å²) in [5.74, 6) is -1.51. The molecule has 3 heteroatoms. The van der Waals surface area contributed by atoms with Gasteiger partial charge in [0.05, 0.1) is 5.38 Å². The van der Waals surface area contributed by atoms with E-state index in [2.05, 4.69) is 0 Å². The summed E-state index contributed by atoms with van der Waals surface area (Å²) in [4.78, 5) is 0. The Hall–Kier alpha value is -1.41. The molecule has 0 amide bonds. The predicted molar refractivity (Wildman–Crippen MR) is 74.5 cm³/mol. The highest BCUT2D eigenvalue weighted by Crippen LogP contribution is 2.27. The van der Waals surface area contributed by atoms with Crippen molar-refractivity contribution < 1.29 is 8.78 Å². The average Bonchev–Trinajstić information content (AvgIpc) is 2.45. The molecule has 0 saturated carbocycles. The van der Waals surface area contributed by atoms with Gasteiger partial charge in [0.15, 0.2) is 11.6 Å². The molecule has 0 spiro atoms. The normalized spacial score (nSPS) is 12.4. The van der Waals surface area contributed by atoms with Crippen LogP contribution in [-0.4, -0.2) is 0 Å². The highest BCUT2D eigenvalue weighted by atomic mass is 35.5. The predicted octanol–water partition coefficient (Wildman–Crippen LogP) is 5.19. The molecule has 0 aliphatic heterocycles. The van der Waals surface area contributed by atoms with Crippen LogP contribution in [-0.2, 0) is 6.42 Å². The highest BCUT2D eigenvalue weighted by molar-refractivity contribution is 6.20. The summed E-state index contributed by atoms with van der Waals surface area (Å²) in [6.45, 7) is 1.55. The van der Waals surface area contributed by atoms with Crippen LogP contribution in [0, 0.1) is 18.6 Å². The molecule has 19 heavy (non-hydrogen) atoms. The van der Waals surface area contributed by atoms with Gasteiger partial charge in [0.2, 0.25) is 0 Å². The van der Waals surface area contributed by atoms with E-state index in [1.54, 1.807) is 19.1 Å². The molecular formula is C16H15ClF2. The van der Waals surface area contributed by atoms with Crippen LogP contribution >= 0.6 is 11.6 Å². The zero-order valence-corrected chi connectivity index (χ0v) is 11.4. The standard InChI is InChI=1S/C16H15ClF2/c1-11-7-8-13(16(19)15(11)18)9-10-14(17)12-5-3-2-4-6-12/h2-8,14H,9-10H2,1H3. The quantitative estimate of drug-likeness (QED) is 0.677. The van der Waals surface area contributed by atoms with Crippen molar-refractivity contribution in [2.45, 2.75) is 25.1 Å². The molecule has 0 radical (unpaired) electrons. The van der Waals surface area contributed by atoms with Gasteiger partial charge in [-0.2, -0.15) is 0 Å². The van der Waals surface area contributed by atoms with Gasteiger partial charge < -0.3 is 0 Å². The molecule has 2 rings (SSSR count). The molecule has 0 fully saturated rings. The van der Waals surface area contributed by atoms with E-state index >= 15 is 0 Å². The summed E-state index contributed by atoms with van der Waals surface area (Å²) in [6, 6.07) is 12.8. The fourth-order valence-corrected chi connectivity index (χ4v) is 2.24. The Morgan fingerprint density at radius 2 is 1.68 bits per heavy atom. The van der Waals surface area contributed by atoms with E-state index in [-0.39, 0.29) is 5.38 Å². The van der Waals surface area contributed by atoms with E-state index in [1.807, 2.05) is 30.3 Å². The minimum absolute atomic E-state index is 0.190. The van der Waals surface area contributed by atoms with Crippen LogP contribution in [0.4, 0.5) is 8.78 Å². The van der Waals surface area contributed by atoms with Gasteiger partial charge in [0, 0.05) is 0 Å². The van der Waals surface area contributed by atoms with Crippen molar-refractivity contribution >= 4 is 11.6 Å². The van der Waals surface area contributed by atoms with Gasteiger partial charge in [0.1, 0.15) is 0 Å². The van der Waals surface area contributed by atoms with Crippen molar-refractivity contribution in [1.82, 2.24) is 0 Å². The molecule has 0 aliphatic rings. The molecular weight excluding hydrogens is 266 g/mol. The van der Waals surface area contributed by atoms with Gasteiger partial charge in [-0.1, -0.05) is 42.5 Å². The molecule has 0 aliphatic carbocycles. The van der Waals surface area contributed by atoms with Gasteiger partial charge in [-0.3, -0.25) is 0 Å². The van der Waals surface area contributed by atoms with Crippen LogP contribution in [0.15, 0.2) is 42.5 Å². The molecule has 1 unspecified atom stereocenters. The Bertz CT molecular complexity index is 552. The summed E-state index contributed by atoms with van der Waals surface area (Å²) in [6.07, 6.45) is 0.997. The van der Waals surface area contributed by atoms with Crippen LogP contribution in [0.25, 0.3) is 0 Å². The summed E-state index contributed by atoms with van der Waals surface area (Å²) in [7, 11) is 0. The average molecular weight is 281 g/mol. The first kappa shape index (κ1) is 14.0. The van der Waals surface area contributed by atoms with Gasteiger partial charge in [-0.25, -0.2) is 8.78 Å². The molecule has 0 nitrogen and oxygen atoms in total. The molecule has 0 saturated heterocycles. The monoisotopic (exact) mass is 280 g/mol. The maximum absolute atomic E-state index is 13.7. The van der Waals surface area contributed by atoms with E-state index in [9.17, 15) is 8.78 Å². The van der Waals surface area contributed by atoms with Crippen molar-refractivity contribution in [3.63, 3.8) is 0 Å². The van der Waals surface area contributed by atoms with Gasteiger partial charge in [-0.05, 0) is 36.5 Å². The molecule has 0 bridgehead atoms. The van der Waals surface area contributed by atoms with Crippen molar-refractivity contribution in [3.05, 3.63) is 70.8 Å². The van der Waals surface area contributed by atoms with Crippen molar-refractivity contribution in [1.29, 1.82) is 0 Å². The molecule has 0 aromatic heterocycles. The van der Waals surface area contributed by atoms with E-state index in [0.29, 0.717) is 24.0 Å². The topological polar surface area (TPSA) is 0 Å². The van der Waals surface area contributed by atoms with Gasteiger partial charge >= 0.3 is 0 Å². The summed E-state index contributed by atoms with van der Waals surface area (Å²) >= 11 is 6.26. The first-order chi connectivity index (χ1) is 9.09. The molecule has 2 aromatic rings. The van der Waals surface area contributed by atoms with Crippen molar-refractivity contribution in [3.8, 4) is 0 Å². The Balaban J connectivity index is 2.05. The number of alkyl halides is 1. The number of rotatable bonds is 4. The Kier molecular flexibility index (Phi) is 4.54. The second-order valence-corrected chi connectivity index (χ2v) is 5.11. The molecule has 0 N–H and O–H groups in total. The zero-order valence-electron chi connectivity index (χ0n) is 10.7. The first-order valence-electron chi connectivity index (χ1n) is 6.22. The van der Waals surface area contributed by atoms with Crippen LogP contribution in [0.1, 0.15) is 28.5 Å². The Morgan fingerprint density at radius 3 is 2.37 bits per heavy atom. The molecule has 1 atom stereocenters. The highest BCUT2D eigenvalue weighted by Gasteiger charge is 2.13. The smallest absolute Gasteiger partial charge is 0.162 e. The number of hydrogen-bond donors (Lipinski definition) is 0. The number of halogens is 3. The summed E-state index contributed by atoms with van der Waals surface area (Å²) in [5.41, 5.74) is 1.70. The van der Waals surface area contributed by atoms with E-state index in [1.165, 1.54) is 0 Å². The molecule has 100 valence electrons. The maximum atomic E-state index is 13.7. The number of hydrogen-bond acceptors (Lipinski definition) is 0. The summed E-state index contributed by atoms with van der Waals surface area (Å²) < 4.78 is 27.1. The van der Waals surface area contributed by atoms with Crippen LogP contribution < -0.4 is 0 Å². The minimum atomic E-state index is -0.761. The molecule has 0 heterocycles. The molecule has 2 aromatic carbocycles. The Labute approximate surface area is 117 Å². The lowest BCUT2D eigenvalue weighted by molar-refractivity contribution is 0.491. The first-order valence-corrected chi connectivity index (χ1v) is 6.65. The summed E-state index contributed by atoms with van der Waals surface area (Å²) in [5, 5.41) is -0.190. The van der Waals surface area contributed by atoms with Crippen LogP contribution in [0.3, 0.4) is 0 Å². The lowest BCUT2D eigenvalue weighted by Gasteiger charge is -2.11. The SMILES string of the molecule is Cc1ccc(CCC(Cl)c2ccccc2)c(F)c1F. The van der Waals surface area contributed by atoms with E-state index < -0.39 is 11.6 Å². The zero-order chi connectivity index (χ0) is 13.8. The number of benzene rings is 2. The maximum Gasteiger partial charge on any atom is 0.162 e.